The summed E-state index contributed by atoms with van der Waals surface area (Å²) in [6, 6.07) is 28.0. The number of hydrogen-bond donors (Lipinski definition) is 0. The van der Waals surface area contributed by atoms with Gasteiger partial charge in [0.1, 0.15) is 0 Å². The van der Waals surface area contributed by atoms with Gasteiger partial charge in [-0.3, -0.25) is 0 Å². The van der Waals surface area contributed by atoms with E-state index in [0.717, 1.165) is 0 Å². The Morgan fingerprint density at radius 1 is 0.692 bits per heavy atom. The molecule has 0 atom stereocenters. The summed E-state index contributed by atoms with van der Waals surface area (Å²) >= 11 is 0. The van der Waals surface area contributed by atoms with Gasteiger partial charge in [0.2, 0.25) is 0 Å². The Balaban J connectivity index is 1.52. The molecule has 0 radical (unpaired) electrons. The number of ether oxygens (including phenoxy) is 1. The Labute approximate surface area is 154 Å². The van der Waals surface area contributed by atoms with Crippen LogP contribution in [-0.2, 0) is 18.0 Å². The van der Waals surface area contributed by atoms with Crippen LogP contribution >= 0.6 is 0 Å². The van der Waals surface area contributed by atoms with E-state index in [2.05, 4.69) is 97.9 Å². The van der Waals surface area contributed by atoms with Gasteiger partial charge in [0.05, 0.1) is 13.2 Å². The van der Waals surface area contributed by atoms with Gasteiger partial charge in [-0.15, -0.1) is 0 Å². The smallest absolute Gasteiger partial charge is 0.0727 e. The summed E-state index contributed by atoms with van der Waals surface area (Å²) in [7, 11) is 4.10. The Bertz CT molecular complexity index is 1030. The number of fused-ring (bicyclic) bond motifs is 2. The molecule has 0 aromatic heterocycles. The summed E-state index contributed by atoms with van der Waals surface area (Å²) in [5, 5.41) is 5.08. The van der Waals surface area contributed by atoms with E-state index < -0.39 is 0 Å². The highest BCUT2D eigenvalue weighted by Crippen LogP contribution is 2.26. The van der Waals surface area contributed by atoms with E-state index in [9.17, 15) is 0 Å². The zero-order chi connectivity index (χ0) is 17.9. The second kappa shape index (κ2) is 7.19. The summed E-state index contributed by atoms with van der Waals surface area (Å²) in [4.78, 5) is 2.10. The molecule has 0 aliphatic carbocycles. The minimum absolute atomic E-state index is 0.616. The van der Waals surface area contributed by atoms with Gasteiger partial charge >= 0.3 is 0 Å². The van der Waals surface area contributed by atoms with Crippen LogP contribution in [0.5, 0.6) is 0 Å². The number of rotatable bonds is 5. The molecular formula is C24H23NO. The number of anilines is 1. The molecule has 0 bridgehead atoms. The molecule has 0 N–H and O–H groups in total. The number of hydrogen-bond acceptors (Lipinski definition) is 2. The van der Waals surface area contributed by atoms with Gasteiger partial charge in [0.25, 0.3) is 0 Å². The molecule has 0 aliphatic rings. The van der Waals surface area contributed by atoms with Gasteiger partial charge in [-0.05, 0) is 56.9 Å². The molecule has 0 amide bonds. The summed E-state index contributed by atoms with van der Waals surface area (Å²) in [5.41, 5.74) is 3.63. The molecular weight excluding hydrogens is 318 g/mol. The first kappa shape index (κ1) is 16.6. The zero-order valence-corrected chi connectivity index (χ0v) is 15.3. The Morgan fingerprint density at radius 2 is 1.38 bits per heavy atom. The van der Waals surface area contributed by atoms with E-state index in [4.69, 9.17) is 4.74 Å². The molecule has 0 aliphatic heterocycles. The van der Waals surface area contributed by atoms with Crippen molar-refractivity contribution in [1.82, 2.24) is 0 Å². The third kappa shape index (κ3) is 3.42. The fourth-order valence-corrected chi connectivity index (χ4v) is 3.33. The number of nitrogens with zero attached hydrogens (tertiary/aromatic N) is 1. The quantitative estimate of drug-likeness (QED) is 0.427. The molecule has 0 unspecified atom stereocenters. The highest BCUT2D eigenvalue weighted by atomic mass is 16.5. The van der Waals surface area contributed by atoms with Crippen molar-refractivity contribution in [2.75, 3.05) is 19.0 Å². The highest BCUT2D eigenvalue weighted by Gasteiger charge is 2.04. The molecule has 0 saturated heterocycles. The van der Waals surface area contributed by atoms with Gasteiger partial charge in [-0.2, -0.15) is 0 Å². The molecule has 0 spiro atoms. The van der Waals surface area contributed by atoms with Crippen molar-refractivity contribution in [3.63, 3.8) is 0 Å². The van der Waals surface area contributed by atoms with Crippen LogP contribution < -0.4 is 4.90 Å². The summed E-state index contributed by atoms with van der Waals surface area (Å²) in [6.45, 7) is 1.24. The van der Waals surface area contributed by atoms with Crippen molar-refractivity contribution in [2.24, 2.45) is 0 Å². The van der Waals surface area contributed by atoms with Crippen molar-refractivity contribution < 1.29 is 4.74 Å². The van der Waals surface area contributed by atoms with Crippen molar-refractivity contribution in [3.05, 3.63) is 90.0 Å². The molecule has 0 saturated carbocycles. The molecule has 2 heteroatoms. The van der Waals surface area contributed by atoms with E-state index >= 15 is 0 Å². The minimum Gasteiger partial charge on any atom is -0.378 e. The maximum absolute atomic E-state index is 6.01. The molecule has 4 aromatic carbocycles. The van der Waals surface area contributed by atoms with E-state index in [-0.39, 0.29) is 0 Å². The molecule has 0 fully saturated rings. The first-order chi connectivity index (χ1) is 12.7. The third-order valence-electron chi connectivity index (χ3n) is 4.82. The van der Waals surface area contributed by atoms with Gasteiger partial charge in [0, 0.05) is 19.8 Å². The molecule has 2 nitrogen and oxygen atoms in total. The average molecular weight is 341 g/mol. The molecule has 4 rings (SSSR count). The lowest BCUT2D eigenvalue weighted by Crippen LogP contribution is -2.08. The predicted octanol–water partition coefficient (Wildman–Crippen LogP) is 5.78. The Hall–Kier alpha value is -2.84. The third-order valence-corrected chi connectivity index (χ3v) is 4.82. The molecule has 0 heterocycles. The lowest BCUT2D eigenvalue weighted by molar-refractivity contribution is 0.108. The van der Waals surface area contributed by atoms with Gasteiger partial charge in [-0.25, -0.2) is 0 Å². The van der Waals surface area contributed by atoms with Crippen LogP contribution in [0.4, 0.5) is 5.69 Å². The Morgan fingerprint density at radius 3 is 2.12 bits per heavy atom. The van der Waals surface area contributed by atoms with Crippen LogP contribution in [0.1, 0.15) is 11.1 Å². The van der Waals surface area contributed by atoms with Crippen molar-refractivity contribution >= 4 is 27.2 Å². The van der Waals surface area contributed by atoms with Gasteiger partial charge in [0.15, 0.2) is 0 Å². The van der Waals surface area contributed by atoms with Crippen molar-refractivity contribution in [1.29, 1.82) is 0 Å². The summed E-state index contributed by atoms with van der Waals surface area (Å²) in [6.07, 6.45) is 0. The zero-order valence-electron chi connectivity index (χ0n) is 15.3. The highest BCUT2D eigenvalue weighted by molar-refractivity contribution is 5.99. The van der Waals surface area contributed by atoms with Crippen LogP contribution in [0.3, 0.4) is 0 Å². The molecule has 4 aromatic rings. The fraction of sp³-hybridized carbons (Fsp3) is 0.167. The van der Waals surface area contributed by atoms with Crippen LogP contribution in [0.25, 0.3) is 21.5 Å². The SMILES string of the molecule is CN(C)c1ccc(COCc2cccc3cc4ccccc4cc23)cc1. The van der Waals surface area contributed by atoms with E-state index in [0.29, 0.717) is 13.2 Å². The minimum atomic E-state index is 0.616. The van der Waals surface area contributed by atoms with Crippen LogP contribution in [0.15, 0.2) is 78.9 Å². The second-order valence-electron chi connectivity index (χ2n) is 6.89. The van der Waals surface area contributed by atoms with Crippen molar-refractivity contribution in [2.45, 2.75) is 13.2 Å². The lowest BCUT2D eigenvalue weighted by atomic mass is 10.00. The molecule has 130 valence electrons. The normalized spacial score (nSPS) is 11.2. The topological polar surface area (TPSA) is 12.5 Å². The molecule has 26 heavy (non-hydrogen) atoms. The fourth-order valence-electron chi connectivity index (χ4n) is 3.33. The maximum atomic E-state index is 6.01. The maximum Gasteiger partial charge on any atom is 0.0727 e. The summed E-state index contributed by atoms with van der Waals surface area (Å²) < 4.78 is 6.01. The lowest BCUT2D eigenvalue weighted by Gasteiger charge is -2.13. The van der Waals surface area contributed by atoms with E-state index in [1.54, 1.807) is 0 Å². The first-order valence-corrected chi connectivity index (χ1v) is 8.95. The van der Waals surface area contributed by atoms with Gasteiger partial charge < -0.3 is 9.64 Å². The van der Waals surface area contributed by atoms with Crippen LogP contribution in [0, 0.1) is 0 Å². The first-order valence-electron chi connectivity index (χ1n) is 8.95. The monoisotopic (exact) mass is 341 g/mol. The van der Waals surface area contributed by atoms with E-state index in [1.165, 1.54) is 38.4 Å². The van der Waals surface area contributed by atoms with E-state index in [1.807, 2.05) is 0 Å². The van der Waals surface area contributed by atoms with Gasteiger partial charge in [-0.1, -0.05) is 54.6 Å². The van der Waals surface area contributed by atoms with Crippen molar-refractivity contribution in [3.8, 4) is 0 Å². The second-order valence-corrected chi connectivity index (χ2v) is 6.89. The van der Waals surface area contributed by atoms with Crippen LogP contribution in [0.2, 0.25) is 0 Å². The standard InChI is InChI=1S/C24H23NO/c1-25(2)23-12-10-18(11-13-23)16-26-17-22-9-5-8-21-14-19-6-3-4-7-20(19)15-24(21)22/h3-15H,16-17H2,1-2H3. The van der Waals surface area contributed by atoms with Crippen LogP contribution in [-0.4, -0.2) is 14.1 Å². The average Bonchev–Trinajstić information content (AvgIpc) is 2.67. The predicted molar refractivity (Wildman–Crippen MR) is 111 cm³/mol. The Kier molecular flexibility index (Phi) is 4.59. The largest absolute Gasteiger partial charge is 0.378 e. The number of benzene rings is 4. The summed E-state index contributed by atoms with van der Waals surface area (Å²) in [5.74, 6) is 0.